The average Bonchev–Trinajstić information content (AvgIpc) is 3.52. The molecule has 266 valence electrons. The van der Waals surface area contributed by atoms with Gasteiger partial charge in [0.25, 0.3) is 0 Å². The fourth-order valence-corrected chi connectivity index (χ4v) is 6.60. The van der Waals surface area contributed by atoms with E-state index >= 15 is 0 Å². The molecule has 3 amide bonds. The van der Waals surface area contributed by atoms with Gasteiger partial charge in [0.1, 0.15) is 6.61 Å². The fourth-order valence-electron chi connectivity index (χ4n) is 6.60. The molecule has 3 aromatic carbocycles. The van der Waals surface area contributed by atoms with E-state index in [4.69, 9.17) is 19.2 Å². The molecule has 3 heterocycles. The molecule has 12 heteroatoms. The molecule has 6 rings (SSSR count). The minimum Gasteiger partial charge on any atom is -0.492 e. The smallest absolute Gasteiger partial charge is 0.411 e. The number of carbonyl (C=O) groups is 2. The number of hydrogen-bond acceptors (Lipinski definition) is 9. The Hall–Kier alpha value is -4.65. The van der Waals surface area contributed by atoms with Crippen LogP contribution >= 0.6 is 0 Å². The predicted octanol–water partition coefficient (Wildman–Crippen LogP) is 6.50. The number of carbonyl (C=O) groups excluding carboxylic acids is 2. The molecule has 0 bridgehead atoms. The SMILES string of the molecule is COc1c(NC(=O)Nc2ccc(N3C=NC(CN4CCOCC4)=CC3)c3ccccc23)cc(C(C)(C)C)cc1NC(=O)OCC1CCCN1C. The van der Waals surface area contributed by atoms with Crippen LogP contribution in [-0.2, 0) is 14.9 Å². The van der Waals surface area contributed by atoms with E-state index in [0.29, 0.717) is 36.0 Å². The quantitative estimate of drug-likeness (QED) is 0.234. The second kappa shape index (κ2) is 15.5. The first-order valence-electron chi connectivity index (χ1n) is 17.4. The number of likely N-dealkylation sites (tertiary alicyclic amines) is 1. The topological polar surface area (TPSA) is 120 Å². The number of rotatable bonds is 9. The fraction of sp³-hybridized carbons (Fsp3) is 0.447. The summed E-state index contributed by atoms with van der Waals surface area (Å²) in [6.07, 6.45) is 5.57. The van der Waals surface area contributed by atoms with Crippen molar-refractivity contribution in [2.45, 2.75) is 45.1 Å². The minimum absolute atomic E-state index is 0.206. The largest absolute Gasteiger partial charge is 0.492 e. The van der Waals surface area contributed by atoms with Gasteiger partial charge in [-0.05, 0) is 67.8 Å². The summed E-state index contributed by atoms with van der Waals surface area (Å²) in [5, 5.41) is 10.8. The summed E-state index contributed by atoms with van der Waals surface area (Å²) in [4.78, 5) is 38.0. The van der Waals surface area contributed by atoms with Gasteiger partial charge in [0.2, 0.25) is 0 Å². The third-order valence-corrected chi connectivity index (χ3v) is 9.56. The Morgan fingerprint density at radius 1 is 0.960 bits per heavy atom. The molecule has 0 spiro atoms. The number of ether oxygens (including phenoxy) is 3. The van der Waals surface area contributed by atoms with E-state index in [1.54, 1.807) is 0 Å². The molecule has 3 N–H and O–H groups in total. The number of hydrogen-bond donors (Lipinski definition) is 3. The molecule has 0 aliphatic carbocycles. The van der Waals surface area contributed by atoms with Crippen molar-refractivity contribution >= 4 is 52.0 Å². The van der Waals surface area contributed by atoms with Crippen LogP contribution < -0.4 is 25.6 Å². The lowest BCUT2D eigenvalue weighted by atomic mass is 9.86. The van der Waals surface area contributed by atoms with E-state index in [1.165, 1.54) is 7.11 Å². The number of benzene rings is 3. The van der Waals surface area contributed by atoms with Crippen LogP contribution in [0.2, 0.25) is 0 Å². The number of nitrogens with one attached hydrogen (secondary N) is 3. The maximum Gasteiger partial charge on any atom is 0.411 e. The van der Waals surface area contributed by atoms with Crippen LogP contribution in [0.4, 0.5) is 32.3 Å². The Bertz CT molecular complexity index is 1760. The van der Waals surface area contributed by atoms with Crippen molar-refractivity contribution in [3.05, 3.63) is 65.9 Å². The molecular formula is C38H49N7O5. The molecular weight excluding hydrogens is 634 g/mol. The number of nitrogens with zero attached hydrogens (tertiary/aromatic N) is 4. The molecule has 2 saturated heterocycles. The number of urea groups is 1. The summed E-state index contributed by atoms with van der Waals surface area (Å²) < 4.78 is 16.8. The molecule has 2 fully saturated rings. The number of amides is 3. The molecule has 12 nitrogen and oxygen atoms in total. The highest BCUT2D eigenvalue weighted by Crippen LogP contribution is 2.39. The minimum atomic E-state index is -0.570. The Morgan fingerprint density at radius 3 is 2.34 bits per heavy atom. The summed E-state index contributed by atoms with van der Waals surface area (Å²) in [5.74, 6) is 0.328. The van der Waals surface area contributed by atoms with Crippen molar-refractivity contribution in [3.63, 3.8) is 0 Å². The maximum absolute atomic E-state index is 13.6. The lowest BCUT2D eigenvalue weighted by molar-refractivity contribution is 0.0421. The second-order valence-corrected chi connectivity index (χ2v) is 14.1. The normalized spacial score (nSPS) is 18.5. The Morgan fingerprint density at radius 2 is 1.68 bits per heavy atom. The summed E-state index contributed by atoms with van der Waals surface area (Å²) in [5.41, 5.74) is 4.17. The van der Waals surface area contributed by atoms with Crippen LogP contribution in [0, 0.1) is 0 Å². The van der Waals surface area contributed by atoms with E-state index in [-0.39, 0.29) is 11.5 Å². The predicted molar refractivity (Wildman–Crippen MR) is 200 cm³/mol. The van der Waals surface area contributed by atoms with Gasteiger partial charge in [0, 0.05) is 43.0 Å². The lowest BCUT2D eigenvalue weighted by Crippen LogP contribution is -2.38. The van der Waals surface area contributed by atoms with E-state index in [1.807, 2.05) is 61.9 Å². The summed E-state index contributed by atoms with van der Waals surface area (Å²) in [6.45, 7) is 12.4. The Balaban J connectivity index is 1.17. The van der Waals surface area contributed by atoms with Gasteiger partial charge in [0.05, 0.1) is 55.1 Å². The molecule has 3 aliphatic heterocycles. The number of morpholine rings is 1. The highest BCUT2D eigenvalue weighted by molar-refractivity contribution is 6.11. The number of likely N-dealkylation sites (N-methyl/N-ethyl adjacent to an activating group) is 1. The van der Waals surface area contributed by atoms with Gasteiger partial charge in [-0.2, -0.15) is 0 Å². The van der Waals surface area contributed by atoms with Crippen LogP contribution in [0.3, 0.4) is 0 Å². The zero-order valence-electron chi connectivity index (χ0n) is 29.8. The first-order chi connectivity index (χ1) is 24.1. The van der Waals surface area contributed by atoms with Crippen LogP contribution in [-0.4, -0.2) is 101 Å². The number of anilines is 4. The molecule has 0 radical (unpaired) electrons. The van der Waals surface area contributed by atoms with Crippen LogP contribution in [0.25, 0.3) is 10.8 Å². The van der Waals surface area contributed by atoms with Crippen molar-refractivity contribution in [1.29, 1.82) is 0 Å². The zero-order valence-corrected chi connectivity index (χ0v) is 29.8. The van der Waals surface area contributed by atoms with E-state index in [9.17, 15) is 9.59 Å². The van der Waals surface area contributed by atoms with Gasteiger partial charge in [-0.25, -0.2) is 14.6 Å². The highest BCUT2D eigenvalue weighted by Gasteiger charge is 2.25. The number of methoxy groups -OCH3 is 1. The van der Waals surface area contributed by atoms with Crippen LogP contribution in [0.15, 0.2) is 65.3 Å². The summed E-state index contributed by atoms with van der Waals surface area (Å²) in [6, 6.07) is 15.4. The Kier molecular flexibility index (Phi) is 10.9. The molecule has 3 aliphatic rings. The van der Waals surface area contributed by atoms with Crippen LogP contribution in [0.5, 0.6) is 5.75 Å². The molecule has 50 heavy (non-hydrogen) atoms. The molecule has 1 unspecified atom stereocenters. The van der Waals surface area contributed by atoms with Crippen LogP contribution in [0.1, 0.15) is 39.2 Å². The molecule has 0 aromatic heterocycles. The maximum atomic E-state index is 13.6. The Labute approximate surface area is 294 Å². The van der Waals surface area contributed by atoms with E-state index in [0.717, 1.165) is 80.0 Å². The third-order valence-electron chi connectivity index (χ3n) is 9.56. The van der Waals surface area contributed by atoms with Crippen molar-refractivity contribution in [3.8, 4) is 5.75 Å². The second-order valence-electron chi connectivity index (χ2n) is 14.1. The zero-order chi connectivity index (χ0) is 35.3. The number of fused-ring (bicyclic) bond motifs is 1. The molecule has 3 aromatic rings. The van der Waals surface area contributed by atoms with Crippen molar-refractivity contribution in [2.24, 2.45) is 4.99 Å². The highest BCUT2D eigenvalue weighted by atomic mass is 16.5. The van der Waals surface area contributed by atoms with Gasteiger partial charge >= 0.3 is 12.1 Å². The van der Waals surface area contributed by atoms with Gasteiger partial charge < -0.3 is 34.6 Å². The first kappa shape index (κ1) is 35.2. The average molecular weight is 684 g/mol. The standard InChI is InChI=1S/C38H49N7O5/c1-38(2,3)26-21-32(35(48-5)33(22-26)42-37(47)50-24-28-9-8-15-43(28)4)41-36(46)40-31-12-13-34(30-11-7-6-10-29(30)31)45-16-14-27(39-25-45)23-44-17-19-49-20-18-44/h6-7,10-14,21-22,25,28H,8-9,15-20,23-24H2,1-5H3,(H,42,47)(H2,40,41,46). The van der Waals surface area contributed by atoms with E-state index < -0.39 is 12.1 Å². The lowest BCUT2D eigenvalue weighted by Gasteiger charge is -2.29. The number of aliphatic imine (C=N–C) groups is 1. The van der Waals surface area contributed by atoms with Crippen molar-refractivity contribution < 1.29 is 23.8 Å². The van der Waals surface area contributed by atoms with Crippen molar-refractivity contribution in [1.82, 2.24) is 9.80 Å². The first-order valence-corrected chi connectivity index (χ1v) is 17.4. The van der Waals surface area contributed by atoms with Gasteiger partial charge in [-0.1, -0.05) is 45.0 Å². The van der Waals surface area contributed by atoms with Gasteiger partial charge in [0.15, 0.2) is 5.75 Å². The molecule has 0 saturated carbocycles. The molecule has 1 atom stereocenters. The third kappa shape index (κ3) is 8.38. The summed E-state index contributed by atoms with van der Waals surface area (Å²) in [7, 11) is 3.55. The van der Waals surface area contributed by atoms with Gasteiger partial charge in [-0.3, -0.25) is 10.2 Å². The monoisotopic (exact) mass is 683 g/mol. The van der Waals surface area contributed by atoms with Crippen molar-refractivity contribution in [2.75, 3.05) is 87.6 Å². The van der Waals surface area contributed by atoms with Gasteiger partial charge in [-0.15, -0.1) is 0 Å². The summed E-state index contributed by atoms with van der Waals surface area (Å²) >= 11 is 0. The van der Waals surface area contributed by atoms with E-state index in [2.05, 4.69) is 57.5 Å².